The lowest BCUT2D eigenvalue weighted by Gasteiger charge is -2.11. The van der Waals surface area contributed by atoms with Gasteiger partial charge >= 0.3 is 5.97 Å². The van der Waals surface area contributed by atoms with Gasteiger partial charge in [0, 0.05) is 11.1 Å². The third-order valence-corrected chi connectivity index (χ3v) is 6.08. The minimum absolute atomic E-state index is 0.0214. The fourth-order valence-corrected chi connectivity index (χ4v) is 3.94. The summed E-state index contributed by atoms with van der Waals surface area (Å²) in [5.41, 5.74) is 2.19. The molecule has 1 N–H and O–H groups in total. The van der Waals surface area contributed by atoms with Crippen LogP contribution in [0.3, 0.4) is 0 Å². The van der Waals surface area contributed by atoms with E-state index in [-0.39, 0.29) is 17.4 Å². The molecule has 0 radical (unpaired) electrons. The Morgan fingerprint density at radius 1 is 0.889 bits per heavy atom. The van der Waals surface area contributed by atoms with Crippen molar-refractivity contribution in [2.75, 3.05) is 6.61 Å². The maximum absolute atomic E-state index is 14.8. The molecule has 0 bridgehead atoms. The summed E-state index contributed by atoms with van der Waals surface area (Å²) >= 11 is 0. The van der Waals surface area contributed by atoms with Crippen LogP contribution in [0, 0.1) is 17.5 Å². The van der Waals surface area contributed by atoms with Gasteiger partial charge in [-0.05, 0) is 53.4 Å². The Labute approximate surface area is 205 Å². The first-order valence-electron chi connectivity index (χ1n) is 11.3. The van der Waals surface area contributed by atoms with E-state index >= 15 is 0 Å². The van der Waals surface area contributed by atoms with Crippen LogP contribution >= 0.6 is 0 Å². The molecule has 4 nitrogen and oxygen atoms in total. The summed E-state index contributed by atoms with van der Waals surface area (Å²) in [6.07, 6.45) is -0.737. The largest absolute Gasteiger partial charge is 0.423 e. The number of epoxide rings is 1. The van der Waals surface area contributed by atoms with Crippen LogP contribution < -0.4 is 4.74 Å². The summed E-state index contributed by atoms with van der Waals surface area (Å²) in [7, 11) is 0. The van der Waals surface area contributed by atoms with E-state index in [0.717, 1.165) is 11.6 Å². The number of rotatable bonds is 6. The van der Waals surface area contributed by atoms with E-state index in [0.29, 0.717) is 28.9 Å². The fourth-order valence-electron chi connectivity index (χ4n) is 3.94. The number of ether oxygens (including phenoxy) is 2. The average Bonchev–Trinajstić information content (AvgIpc) is 3.72. The van der Waals surface area contributed by atoms with Crippen LogP contribution in [0.2, 0.25) is 0 Å². The second-order valence-electron chi connectivity index (χ2n) is 8.56. The van der Waals surface area contributed by atoms with E-state index in [2.05, 4.69) is 0 Å². The molecule has 0 saturated carbocycles. The number of aliphatic hydroxyl groups excluding tert-OH is 1. The van der Waals surface area contributed by atoms with Crippen molar-refractivity contribution in [3.05, 3.63) is 113 Å². The van der Waals surface area contributed by atoms with Crippen molar-refractivity contribution in [2.24, 2.45) is 0 Å². The van der Waals surface area contributed by atoms with E-state index in [9.17, 15) is 23.1 Å². The average molecular weight is 490 g/mol. The zero-order chi connectivity index (χ0) is 25.4. The van der Waals surface area contributed by atoms with Gasteiger partial charge in [0.25, 0.3) is 0 Å². The molecule has 1 aliphatic heterocycles. The first kappa shape index (κ1) is 23.8. The quantitative estimate of drug-likeness (QED) is 0.184. The molecule has 182 valence electrons. The van der Waals surface area contributed by atoms with Gasteiger partial charge in [0.2, 0.25) is 0 Å². The van der Waals surface area contributed by atoms with E-state index in [1.807, 2.05) is 0 Å². The molecule has 1 fully saturated rings. The zero-order valence-corrected chi connectivity index (χ0v) is 19.2. The van der Waals surface area contributed by atoms with Crippen molar-refractivity contribution in [2.45, 2.75) is 19.1 Å². The highest BCUT2D eigenvalue weighted by Crippen LogP contribution is 2.34. The molecule has 1 aliphatic rings. The Kier molecular flexibility index (Phi) is 6.35. The van der Waals surface area contributed by atoms with E-state index < -0.39 is 35.1 Å². The summed E-state index contributed by atoms with van der Waals surface area (Å²) in [4.78, 5) is 12.5. The van der Waals surface area contributed by atoms with Gasteiger partial charge in [0.1, 0.15) is 17.7 Å². The van der Waals surface area contributed by atoms with Gasteiger partial charge in [-0.2, -0.15) is 0 Å². The van der Waals surface area contributed by atoms with Crippen molar-refractivity contribution in [3.63, 3.8) is 0 Å². The number of aliphatic hydroxyl groups is 1. The normalized spacial score (nSPS) is 15.4. The van der Waals surface area contributed by atoms with Gasteiger partial charge in [-0.3, -0.25) is 0 Å². The zero-order valence-electron chi connectivity index (χ0n) is 19.2. The summed E-state index contributed by atoms with van der Waals surface area (Å²) in [5.74, 6) is -3.86. The molecule has 36 heavy (non-hydrogen) atoms. The number of carbonyl (C=O) groups is 1. The van der Waals surface area contributed by atoms with Crippen LogP contribution in [0.4, 0.5) is 13.2 Å². The lowest BCUT2D eigenvalue weighted by Crippen LogP contribution is -2.12. The Bertz CT molecular complexity index is 1430. The summed E-state index contributed by atoms with van der Waals surface area (Å²) in [6, 6.07) is 19.8. The number of hydrogen-bond acceptors (Lipinski definition) is 4. The highest BCUT2D eigenvalue weighted by Gasteiger charge is 2.26. The Morgan fingerprint density at radius 2 is 1.50 bits per heavy atom. The van der Waals surface area contributed by atoms with Crippen LogP contribution in [0.15, 0.2) is 78.9 Å². The predicted octanol–water partition coefficient (Wildman–Crippen LogP) is 6.78. The van der Waals surface area contributed by atoms with Crippen LogP contribution in [0.25, 0.3) is 22.3 Å². The smallest absolute Gasteiger partial charge is 0.346 e. The van der Waals surface area contributed by atoms with Crippen LogP contribution in [0.5, 0.6) is 5.75 Å². The molecule has 0 aromatic heterocycles. The van der Waals surface area contributed by atoms with Gasteiger partial charge in [0.05, 0.1) is 18.3 Å². The molecular formula is C29H21F3O4. The maximum Gasteiger partial charge on any atom is 0.346 e. The SMILES string of the molecule is CC(O)c1ccc(-c2ccc(C(=O)Oc3ccc(-c4ccc(C5CO5)cc4F)cc3)c(F)c2F)cc1. The Balaban J connectivity index is 1.32. The minimum Gasteiger partial charge on any atom is -0.423 e. The molecule has 2 atom stereocenters. The summed E-state index contributed by atoms with van der Waals surface area (Å²) in [5, 5.41) is 9.61. The van der Waals surface area contributed by atoms with Crippen molar-refractivity contribution in [3.8, 4) is 28.0 Å². The van der Waals surface area contributed by atoms with Gasteiger partial charge in [-0.25, -0.2) is 18.0 Å². The lowest BCUT2D eigenvalue weighted by atomic mass is 10.00. The summed E-state index contributed by atoms with van der Waals surface area (Å²) in [6.45, 7) is 2.19. The molecule has 4 aromatic carbocycles. The fraction of sp³-hybridized carbons (Fsp3) is 0.138. The summed E-state index contributed by atoms with van der Waals surface area (Å²) < 4.78 is 54.5. The van der Waals surface area contributed by atoms with E-state index in [1.54, 1.807) is 55.5 Å². The van der Waals surface area contributed by atoms with Crippen LogP contribution in [-0.2, 0) is 4.74 Å². The van der Waals surface area contributed by atoms with Crippen LogP contribution in [0.1, 0.15) is 40.6 Å². The molecule has 1 saturated heterocycles. The maximum atomic E-state index is 14.8. The first-order chi connectivity index (χ1) is 17.3. The van der Waals surface area contributed by atoms with E-state index in [1.165, 1.54) is 24.3 Å². The second kappa shape index (κ2) is 9.60. The van der Waals surface area contributed by atoms with Gasteiger partial charge in [-0.15, -0.1) is 0 Å². The molecule has 0 aliphatic carbocycles. The molecular weight excluding hydrogens is 469 g/mol. The molecule has 1 heterocycles. The Morgan fingerprint density at radius 3 is 2.11 bits per heavy atom. The second-order valence-corrected chi connectivity index (χ2v) is 8.56. The number of benzene rings is 4. The first-order valence-corrected chi connectivity index (χ1v) is 11.3. The minimum atomic E-state index is -1.32. The highest BCUT2D eigenvalue weighted by atomic mass is 19.2. The number of esters is 1. The highest BCUT2D eigenvalue weighted by molar-refractivity contribution is 5.92. The van der Waals surface area contributed by atoms with Gasteiger partial charge < -0.3 is 14.6 Å². The van der Waals surface area contributed by atoms with Crippen molar-refractivity contribution >= 4 is 5.97 Å². The molecule has 0 amide bonds. The predicted molar refractivity (Wildman–Crippen MR) is 128 cm³/mol. The third kappa shape index (κ3) is 4.76. The van der Waals surface area contributed by atoms with Crippen molar-refractivity contribution in [1.82, 2.24) is 0 Å². The standard InChI is InChI=1S/C29H21F3O4/c1-16(33)17-2-4-19(5-3-17)23-12-13-24(28(32)27(23)31)29(34)36-21-9-6-18(7-10-21)22-11-8-20(14-25(22)30)26-15-35-26/h2-14,16,26,33H,15H2,1H3. The number of carbonyl (C=O) groups excluding carboxylic acids is 1. The van der Waals surface area contributed by atoms with Crippen molar-refractivity contribution in [1.29, 1.82) is 0 Å². The molecule has 4 aromatic rings. The molecule has 5 rings (SSSR count). The number of hydrogen-bond donors (Lipinski definition) is 1. The molecule has 2 unspecified atom stereocenters. The third-order valence-electron chi connectivity index (χ3n) is 6.08. The van der Waals surface area contributed by atoms with Gasteiger partial charge in [0.15, 0.2) is 11.6 Å². The van der Waals surface area contributed by atoms with E-state index in [4.69, 9.17) is 9.47 Å². The topological polar surface area (TPSA) is 59.1 Å². The monoisotopic (exact) mass is 490 g/mol. The number of halogens is 3. The molecule has 7 heteroatoms. The van der Waals surface area contributed by atoms with Crippen molar-refractivity contribution < 1.29 is 32.5 Å². The lowest BCUT2D eigenvalue weighted by molar-refractivity contribution is 0.0728. The van der Waals surface area contributed by atoms with Crippen LogP contribution in [-0.4, -0.2) is 17.7 Å². The molecule has 0 spiro atoms. The Hall–Kier alpha value is -3.94. The van der Waals surface area contributed by atoms with Gasteiger partial charge in [-0.1, -0.05) is 54.6 Å².